The minimum atomic E-state index is -3.80. The van der Waals surface area contributed by atoms with Crippen LogP contribution in [0.4, 0.5) is 0 Å². The molecule has 1 N–H and O–H groups in total. The SMILES string of the molecule is COc1ccc(C(=O)N2CCOCC2C(=O)O)cc1S(=O)(=O)N1CCCC1. The number of amides is 1. The maximum absolute atomic E-state index is 12.9. The fourth-order valence-corrected chi connectivity index (χ4v) is 4.99. The number of aliphatic carboxylic acids is 1. The van der Waals surface area contributed by atoms with Crippen LogP contribution in [0.15, 0.2) is 23.1 Å². The highest BCUT2D eigenvalue weighted by Crippen LogP contribution is 2.30. The summed E-state index contributed by atoms with van der Waals surface area (Å²) in [5.41, 5.74) is 0.0988. The first-order valence-electron chi connectivity index (χ1n) is 8.66. The molecule has 1 amide bonds. The Bertz CT molecular complexity index is 834. The van der Waals surface area contributed by atoms with Gasteiger partial charge in [0.25, 0.3) is 5.91 Å². The monoisotopic (exact) mass is 398 g/mol. The highest BCUT2D eigenvalue weighted by Gasteiger charge is 2.35. The summed E-state index contributed by atoms with van der Waals surface area (Å²) in [4.78, 5) is 25.4. The lowest BCUT2D eigenvalue weighted by atomic mass is 10.1. The second kappa shape index (κ2) is 7.83. The van der Waals surface area contributed by atoms with Crippen LogP contribution in [-0.4, -0.2) is 80.6 Å². The van der Waals surface area contributed by atoms with Crippen LogP contribution in [0.3, 0.4) is 0 Å². The van der Waals surface area contributed by atoms with Crippen molar-refractivity contribution >= 4 is 21.9 Å². The van der Waals surface area contributed by atoms with Gasteiger partial charge in [-0.05, 0) is 31.0 Å². The third kappa shape index (κ3) is 3.78. The smallest absolute Gasteiger partial charge is 0.328 e. The summed E-state index contributed by atoms with van der Waals surface area (Å²) in [6, 6.07) is 3.03. The number of carboxylic acid groups (broad SMARTS) is 1. The lowest BCUT2D eigenvalue weighted by Gasteiger charge is -2.33. The van der Waals surface area contributed by atoms with Crippen molar-refractivity contribution in [3.8, 4) is 5.75 Å². The van der Waals surface area contributed by atoms with Gasteiger partial charge in [0.05, 0.1) is 20.3 Å². The van der Waals surface area contributed by atoms with Crippen molar-refractivity contribution in [1.82, 2.24) is 9.21 Å². The number of carbonyl (C=O) groups excluding carboxylic acids is 1. The second-order valence-corrected chi connectivity index (χ2v) is 8.31. The molecular formula is C17H22N2O7S. The molecule has 2 saturated heterocycles. The number of hydrogen-bond donors (Lipinski definition) is 1. The molecule has 0 aliphatic carbocycles. The molecule has 0 spiro atoms. The zero-order chi connectivity index (χ0) is 19.6. The minimum absolute atomic E-state index is 0.0853. The molecule has 0 bridgehead atoms. The number of rotatable bonds is 5. The standard InChI is InChI=1S/C17H22N2O7S/c1-25-14-5-4-12(10-15(14)27(23,24)18-6-2-3-7-18)16(20)19-8-9-26-11-13(19)17(21)22/h4-5,10,13H,2-3,6-9,11H2,1H3,(H,21,22). The number of carboxylic acids is 1. The molecule has 0 aromatic heterocycles. The molecule has 1 aromatic rings. The van der Waals surface area contributed by atoms with E-state index in [9.17, 15) is 23.1 Å². The first-order chi connectivity index (χ1) is 12.9. The molecule has 2 heterocycles. The summed E-state index contributed by atoms with van der Waals surface area (Å²) in [7, 11) is -2.44. The molecule has 1 atom stereocenters. The zero-order valence-corrected chi connectivity index (χ0v) is 15.8. The van der Waals surface area contributed by atoms with Crippen LogP contribution in [0.2, 0.25) is 0 Å². The molecule has 148 valence electrons. The number of hydrogen-bond acceptors (Lipinski definition) is 6. The van der Waals surface area contributed by atoms with Gasteiger partial charge in [-0.1, -0.05) is 0 Å². The fourth-order valence-electron chi connectivity index (χ4n) is 3.30. The number of sulfonamides is 1. The quantitative estimate of drug-likeness (QED) is 0.764. The van der Waals surface area contributed by atoms with E-state index < -0.39 is 27.9 Å². The molecule has 27 heavy (non-hydrogen) atoms. The molecule has 0 radical (unpaired) electrons. The number of methoxy groups -OCH3 is 1. The van der Waals surface area contributed by atoms with Gasteiger partial charge in [-0.2, -0.15) is 4.31 Å². The predicted octanol–water partition coefficient (Wildman–Crippen LogP) is 0.405. The van der Waals surface area contributed by atoms with Gasteiger partial charge >= 0.3 is 5.97 Å². The van der Waals surface area contributed by atoms with Crippen LogP contribution in [0.1, 0.15) is 23.2 Å². The van der Waals surface area contributed by atoms with Crippen molar-refractivity contribution in [2.45, 2.75) is 23.8 Å². The van der Waals surface area contributed by atoms with Crippen LogP contribution in [-0.2, 0) is 19.6 Å². The molecule has 1 unspecified atom stereocenters. The van der Waals surface area contributed by atoms with Gasteiger partial charge in [0.2, 0.25) is 10.0 Å². The van der Waals surface area contributed by atoms with Gasteiger partial charge in [0.1, 0.15) is 10.6 Å². The first kappa shape index (κ1) is 19.6. The van der Waals surface area contributed by atoms with Gasteiger partial charge in [0.15, 0.2) is 6.04 Å². The minimum Gasteiger partial charge on any atom is -0.495 e. The highest BCUT2D eigenvalue weighted by molar-refractivity contribution is 7.89. The van der Waals surface area contributed by atoms with E-state index in [2.05, 4.69) is 0 Å². The molecule has 0 saturated carbocycles. The van der Waals surface area contributed by atoms with Crippen molar-refractivity contribution in [1.29, 1.82) is 0 Å². The third-order valence-corrected chi connectivity index (χ3v) is 6.69. The van der Waals surface area contributed by atoms with Crippen LogP contribution >= 0.6 is 0 Å². The first-order valence-corrected chi connectivity index (χ1v) is 10.1. The molecule has 2 fully saturated rings. The summed E-state index contributed by atoms with van der Waals surface area (Å²) >= 11 is 0. The van der Waals surface area contributed by atoms with E-state index in [1.807, 2.05) is 0 Å². The van der Waals surface area contributed by atoms with Crippen LogP contribution in [0, 0.1) is 0 Å². The maximum atomic E-state index is 12.9. The van der Waals surface area contributed by atoms with E-state index in [1.165, 1.54) is 34.5 Å². The average molecular weight is 398 g/mol. The summed E-state index contributed by atoms with van der Waals surface area (Å²) in [5.74, 6) is -1.57. The van der Waals surface area contributed by atoms with Gasteiger partial charge in [-0.15, -0.1) is 0 Å². The van der Waals surface area contributed by atoms with Gasteiger partial charge in [0, 0.05) is 25.2 Å². The predicted molar refractivity (Wildman–Crippen MR) is 94.3 cm³/mol. The molecule has 9 nitrogen and oxygen atoms in total. The van der Waals surface area contributed by atoms with E-state index in [0.717, 1.165) is 12.8 Å². The number of nitrogens with zero attached hydrogens (tertiary/aromatic N) is 2. The number of ether oxygens (including phenoxy) is 2. The molecule has 2 aliphatic heterocycles. The van der Waals surface area contributed by atoms with E-state index in [4.69, 9.17) is 9.47 Å². The summed E-state index contributed by atoms with van der Waals surface area (Å²) in [5, 5.41) is 9.32. The van der Waals surface area contributed by atoms with Gasteiger partial charge < -0.3 is 19.5 Å². The summed E-state index contributed by atoms with van der Waals surface area (Å²) in [6.07, 6.45) is 1.57. The van der Waals surface area contributed by atoms with Crippen LogP contribution in [0.5, 0.6) is 5.75 Å². The maximum Gasteiger partial charge on any atom is 0.328 e. The van der Waals surface area contributed by atoms with Crippen molar-refractivity contribution < 1.29 is 32.6 Å². The molecule has 10 heteroatoms. The van der Waals surface area contributed by atoms with E-state index in [-0.39, 0.29) is 36.0 Å². The Morgan fingerprint density at radius 1 is 1.22 bits per heavy atom. The Balaban J connectivity index is 1.97. The topological polar surface area (TPSA) is 113 Å². The Kier molecular flexibility index (Phi) is 5.68. The number of morpholine rings is 1. The Hall–Kier alpha value is -2.17. The molecular weight excluding hydrogens is 376 g/mol. The normalized spacial score (nSPS) is 21.2. The van der Waals surface area contributed by atoms with E-state index >= 15 is 0 Å². The van der Waals surface area contributed by atoms with E-state index in [0.29, 0.717) is 13.1 Å². The number of carbonyl (C=O) groups is 2. The zero-order valence-electron chi connectivity index (χ0n) is 15.0. The fraction of sp³-hybridized carbons (Fsp3) is 0.529. The second-order valence-electron chi connectivity index (χ2n) is 6.40. The van der Waals surface area contributed by atoms with Crippen molar-refractivity contribution in [3.05, 3.63) is 23.8 Å². The van der Waals surface area contributed by atoms with Gasteiger partial charge in [-0.25, -0.2) is 13.2 Å². The average Bonchev–Trinajstić information content (AvgIpc) is 3.22. The summed E-state index contributed by atoms with van der Waals surface area (Å²) < 4.78 is 37.6. The Labute approximate surface area is 157 Å². The largest absolute Gasteiger partial charge is 0.495 e. The van der Waals surface area contributed by atoms with E-state index in [1.54, 1.807) is 0 Å². The van der Waals surface area contributed by atoms with Crippen LogP contribution < -0.4 is 4.74 Å². The van der Waals surface area contributed by atoms with Gasteiger partial charge in [-0.3, -0.25) is 4.79 Å². The third-order valence-electron chi connectivity index (χ3n) is 4.77. The molecule has 3 rings (SSSR count). The summed E-state index contributed by atoms with van der Waals surface area (Å²) in [6.45, 7) is 1.10. The molecule has 1 aromatic carbocycles. The number of benzene rings is 1. The lowest BCUT2D eigenvalue weighted by molar-refractivity contribution is -0.147. The van der Waals surface area contributed by atoms with Crippen molar-refractivity contribution in [2.24, 2.45) is 0 Å². The Morgan fingerprint density at radius 3 is 2.56 bits per heavy atom. The highest BCUT2D eigenvalue weighted by atomic mass is 32.2. The van der Waals surface area contributed by atoms with Crippen LogP contribution in [0.25, 0.3) is 0 Å². The van der Waals surface area contributed by atoms with Crippen molar-refractivity contribution in [2.75, 3.05) is 40.0 Å². The lowest BCUT2D eigenvalue weighted by Crippen LogP contribution is -2.52. The Morgan fingerprint density at radius 2 is 1.93 bits per heavy atom. The van der Waals surface area contributed by atoms with Crippen molar-refractivity contribution in [3.63, 3.8) is 0 Å². The molecule has 2 aliphatic rings.